The van der Waals surface area contributed by atoms with Crippen LogP contribution in [0.2, 0.25) is 0 Å². The number of methoxy groups -OCH3 is 1. The van der Waals surface area contributed by atoms with Crippen LogP contribution in [0, 0.1) is 5.82 Å². The number of fused-ring (bicyclic) bond motifs is 1. The molecule has 0 aliphatic heterocycles. The molecule has 0 N–H and O–H groups in total. The van der Waals surface area contributed by atoms with Crippen LogP contribution in [-0.4, -0.2) is 23.0 Å². The third kappa shape index (κ3) is 5.62. The van der Waals surface area contributed by atoms with Crippen molar-refractivity contribution >= 4 is 49.0 Å². The van der Waals surface area contributed by atoms with Crippen LogP contribution in [0.1, 0.15) is 36.7 Å². The number of benzene rings is 3. The Kier molecular flexibility index (Phi) is 7.66. The number of nitrogens with zero attached hydrogens (tertiary/aromatic N) is 3. The summed E-state index contributed by atoms with van der Waals surface area (Å²) >= 11 is 6.95. The van der Waals surface area contributed by atoms with Crippen LogP contribution < -0.4 is 15.0 Å². The second kappa shape index (κ2) is 10.7. The van der Waals surface area contributed by atoms with Crippen molar-refractivity contribution in [3.63, 3.8) is 0 Å². The number of halogens is 3. The van der Waals surface area contributed by atoms with Gasteiger partial charge < -0.3 is 9.47 Å². The van der Waals surface area contributed by atoms with Gasteiger partial charge in [0.15, 0.2) is 11.5 Å². The zero-order chi connectivity index (χ0) is 25.1. The maximum atomic E-state index is 13.5. The molecule has 0 bridgehead atoms. The van der Waals surface area contributed by atoms with Gasteiger partial charge in [0.1, 0.15) is 18.2 Å². The van der Waals surface area contributed by atoms with Crippen LogP contribution >= 0.6 is 31.9 Å². The average Bonchev–Trinajstić information content (AvgIpc) is 2.83. The van der Waals surface area contributed by atoms with E-state index in [-0.39, 0.29) is 23.9 Å². The zero-order valence-electron chi connectivity index (χ0n) is 19.3. The Bertz CT molecular complexity index is 1490. The molecule has 0 atom stereocenters. The van der Waals surface area contributed by atoms with E-state index < -0.39 is 0 Å². The number of rotatable bonds is 7. The zero-order valence-corrected chi connectivity index (χ0v) is 22.4. The molecule has 1 heterocycles. The third-order valence-corrected chi connectivity index (χ3v) is 6.41. The smallest absolute Gasteiger partial charge is 0.282 e. The molecular weight excluding hydrogens is 581 g/mol. The van der Waals surface area contributed by atoms with E-state index in [1.807, 2.05) is 26.0 Å². The number of aromatic nitrogens is 2. The van der Waals surface area contributed by atoms with E-state index in [4.69, 9.17) is 9.47 Å². The van der Waals surface area contributed by atoms with Crippen molar-refractivity contribution < 1.29 is 13.9 Å². The Labute approximate surface area is 218 Å². The summed E-state index contributed by atoms with van der Waals surface area (Å²) in [5.41, 5.74) is 1.74. The van der Waals surface area contributed by atoms with Crippen LogP contribution in [0.3, 0.4) is 0 Å². The molecule has 4 rings (SSSR count). The maximum absolute atomic E-state index is 13.5. The molecule has 180 valence electrons. The van der Waals surface area contributed by atoms with Crippen molar-refractivity contribution in [1.29, 1.82) is 0 Å². The second-order valence-corrected chi connectivity index (χ2v) is 9.86. The Hall–Kier alpha value is -3.04. The summed E-state index contributed by atoms with van der Waals surface area (Å²) in [6, 6.07) is 15.1. The molecule has 0 saturated carbocycles. The van der Waals surface area contributed by atoms with Gasteiger partial charge in [-0.15, -0.1) is 0 Å². The molecule has 1 aromatic heterocycles. The summed E-state index contributed by atoms with van der Waals surface area (Å²) in [4.78, 5) is 17.9. The Morgan fingerprint density at radius 3 is 2.63 bits per heavy atom. The van der Waals surface area contributed by atoms with Crippen molar-refractivity contribution in [1.82, 2.24) is 9.66 Å². The lowest BCUT2D eigenvalue weighted by Gasteiger charge is -2.14. The molecule has 0 fully saturated rings. The highest BCUT2D eigenvalue weighted by Crippen LogP contribution is 2.33. The van der Waals surface area contributed by atoms with E-state index in [1.165, 1.54) is 23.9 Å². The van der Waals surface area contributed by atoms with Gasteiger partial charge in [-0.2, -0.15) is 9.78 Å². The fraction of sp³-hybridized carbons (Fsp3) is 0.192. The van der Waals surface area contributed by atoms with Crippen LogP contribution in [0.25, 0.3) is 10.9 Å². The van der Waals surface area contributed by atoms with Gasteiger partial charge in [0.05, 0.1) is 24.2 Å². The van der Waals surface area contributed by atoms with Gasteiger partial charge in [-0.1, -0.05) is 41.9 Å². The summed E-state index contributed by atoms with van der Waals surface area (Å²) in [5, 5.41) is 4.95. The van der Waals surface area contributed by atoms with Crippen molar-refractivity contribution in [3.05, 3.63) is 96.7 Å². The quantitative estimate of drug-likeness (QED) is 0.222. The summed E-state index contributed by atoms with van der Waals surface area (Å²) in [7, 11) is 1.53. The van der Waals surface area contributed by atoms with Gasteiger partial charge in [0.2, 0.25) is 0 Å². The number of ether oxygens (including phenoxy) is 2. The average molecular weight is 603 g/mol. The molecule has 0 aliphatic carbocycles. The van der Waals surface area contributed by atoms with Crippen LogP contribution in [0.5, 0.6) is 11.5 Å². The highest BCUT2D eigenvalue weighted by Gasteiger charge is 2.15. The minimum absolute atomic E-state index is 0.0236. The molecule has 0 radical (unpaired) electrons. The Morgan fingerprint density at radius 2 is 1.91 bits per heavy atom. The Balaban J connectivity index is 1.69. The summed E-state index contributed by atoms with van der Waals surface area (Å²) in [6.07, 6.45) is 1.57. The second-order valence-electron chi connectivity index (χ2n) is 8.09. The highest BCUT2D eigenvalue weighted by atomic mass is 79.9. The van der Waals surface area contributed by atoms with Crippen LogP contribution in [-0.2, 0) is 6.61 Å². The SMILES string of the molecule is COc1cc(C=Nn2c(C(C)C)nc3ccc(Br)cc3c2=O)c(Br)cc1OCc1cccc(F)c1. The molecular formula is C26H22Br2FN3O3. The van der Waals surface area contributed by atoms with E-state index in [1.54, 1.807) is 36.5 Å². The molecule has 0 aliphatic rings. The van der Waals surface area contributed by atoms with Crippen molar-refractivity contribution in [2.75, 3.05) is 7.11 Å². The molecule has 3 aromatic carbocycles. The normalized spacial score (nSPS) is 11.5. The lowest BCUT2D eigenvalue weighted by molar-refractivity contribution is 0.284. The predicted molar refractivity (Wildman–Crippen MR) is 142 cm³/mol. The summed E-state index contributed by atoms with van der Waals surface area (Å²) in [5.74, 6) is 1.17. The van der Waals surface area contributed by atoms with Crippen molar-refractivity contribution in [3.8, 4) is 11.5 Å². The fourth-order valence-electron chi connectivity index (χ4n) is 3.48. The predicted octanol–water partition coefficient (Wildman–Crippen LogP) is 6.65. The minimum Gasteiger partial charge on any atom is -0.493 e. The lowest BCUT2D eigenvalue weighted by atomic mass is 10.2. The summed E-state index contributed by atoms with van der Waals surface area (Å²) < 4.78 is 27.6. The van der Waals surface area contributed by atoms with Crippen molar-refractivity contribution in [2.24, 2.45) is 5.10 Å². The summed E-state index contributed by atoms with van der Waals surface area (Å²) in [6.45, 7) is 4.10. The van der Waals surface area contributed by atoms with Crippen LogP contribution in [0.15, 0.2) is 73.4 Å². The van der Waals surface area contributed by atoms with Gasteiger partial charge in [0, 0.05) is 20.4 Å². The molecule has 0 saturated heterocycles. The van der Waals surface area contributed by atoms with Gasteiger partial charge >= 0.3 is 0 Å². The molecule has 4 aromatic rings. The lowest BCUT2D eigenvalue weighted by Crippen LogP contribution is -2.23. The molecule has 0 amide bonds. The van der Waals surface area contributed by atoms with E-state index >= 15 is 0 Å². The van der Waals surface area contributed by atoms with E-state index in [0.29, 0.717) is 43.8 Å². The van der Waals surface area contributed by atoms with E-state index in [9.17, 15) is 9.18 Å². The maximum Gasteiger partial charge on any atom is 0.282 e. The highest BCUT2D eigenvalue weighted by molar-refractivity contribution is 9.10. The van der Waals surface area contributed by atoms with Crippen LogP contribution in [0.4, 0.5) is 4.39 Å². The minimum atomic E-state index is -0.322. The standard InChI is InChI=1S/C26H22Br2FN3O3/c1-15(2)25-31-22-8-7-18(27)11-20(22)26(33)32(25)30-13-17-10-23(34-3)24(12-21(17)28)35-14-16-5-4-6-19(29)9-16/h4-13,15H,14H2,1-3H3. The molecule has 0 unspecified atom stereocenters. The molecule has 6 nitrogen and oxygen atoms in total. The molecule has 0 spiro atoms. The third-order valence-electron chi connectivity index (χ3n) is 5.23. The van der Waals surface area contributed by atoms with Gasteiger partial charge in [-0.25, -0.2) is 9.37 Å². The molecule has 9 heteroatoms. The Morgan fingerprint density at radius 1 is 1.11 bits per heavy atom. The first kappa shape index (κ1) is 25.1. The first-order valence-electron chi connectivity index (χ1n) is 10.8. The van der Waals surface area contributed by atoms with E-state index in [0.717, 1.165) is 4.47 Å². The number of hydrogen-bond donors (Lipinski definition) is 0. The van der Waals surface area contributed by atoms with Gasteiger partial charge in [-0.3, -0.25) is 4.79 Å². The fourth-order valence-corrected chi connectivity index (χ4v) is 4.27. The monoisotopic (exact) mass is 601 g/mol. The first-order chi connectivity index (χ1) is 16.8. The van der Waals surface area contributed by atoms with E-state index in [2.05, 4.69) is 41.9 Å². The number of hydrogen-bond acceptors (Lipinski definition) is 5. The largest absolute Gasteiger partial charge is 0.493 e. The van der Waals surface area contributed by atoms with Gasteiger partial charge in [-0.05, 0) is 64.0 Å². The first-order valence-corrected chi connectivity index (χ1v) is 12.4. The van der Waals surface area contributed by atoms with Crippen molar-refractivity contribution in [2.45, 2.75) is 26.4 Å². The van der Waals surface area contributed by atoms with Gasteiger partial charge in [0.25, 0.3) is 5.56 Å². The topological polar surface area (TPSA) is 65.7 Å². The molecule has 35 heavy (non-hydrogen) atoms.